The van der Waals surface area contributed by atoms with Gasteiger partial charge in [0, 0.05) is 18.6 Å². The van der Waals surface area contributed by atoms with E-state index in [9.17, 15) is 5.11 Å². The summed E-state index contributed by atoms with van der Waals surface area (Å²) in [7, 11) is 1.67. The molecule has 102 valence electrons. The van der Waals surface area contributed by atoms with Gasteiger partial charge in [-0.2, -0.15) is 0 Å². The molecule has 0 aliphatic heterocycles. The van der Waals surface area contributed by atoms with Crippen LogP contribution in [0.2, 0.25) is 0 Å². The van der Waals surface area contributed by atoms with Crippen LogP contribution >= 0.6 is 0 Å². The predicted molar refractivity (Wildman–Crippen MR) is 74.9 cm³/mol. The second-order valence-electron chi connectivity index (χ2n) is 4.93. The molecule has 1 rings (SSSR count). The van der Waals surface area contributed by atoms with Crippen molar-refractivity contribution in [2.75, 3.05) is 20.3 Å². The Morgan fingerprint density at radius 2 is 2.17 bits per heavy atom. The van der Waals surface area contributed by atoms with Crippen LogP contribution in [-0.4, -0.2) is 25.4 Å². The fourth-order valence-electron chi connectivity index (χ4n) is 2.65. The summed E-state index contributed by atoms with van der Waals surface area (Å²) in [6, 6.07) is 8.03. The third-order valence-electron chi connectivity index (χ3n) is 3.92. The maximum atomic E-state index is 9.53. The number of hydrogen-bond donors (Lipinski definition) is 2. The highest BCUT2D eigenvalue weighted by molar-refractivity contribution is 5.35. The Hall–Kier alpha value is -1.06. The lowest BCUT2D eigenvalue weighted by molar-refractivity contribution is 0.156. The summed E-state index contributed by atoms with van der Waals surface area (Å²) >= 11 is 0. The van der Waals surface area contributed by atoms with Gasteiger partial charge in [-0.25, -0.2) is 0 Å². The van der Waals surface area contributed by atoms with Crippen molar-refractivity contribution in [3.05, 3.63) is 29.8 Å². The molecule has 18 heavy (non-hydrogen) atoms. The third kappa shape index (κ3) is 2.85. The maximum absolute atomic E-state index is 9.53. The summed E-state index contributed by atoms with van der Waals surface area (Å²) < 4.78 is 5.28. The molecule has 0 spiro atoms. The Bertz CT molecular complexity index is 367. The van der Waals surface area contributed by atoms with Gasteiger partial charge in [-0.15, -0.1) is 0 Å². The van der Waals surface area contributed by atoms with Crippen LogP contribution < -0.4 is 10.5 Å². The number of methoxy groups -OCH3 is 1. The quantitative estimate of drug-likeness (QED) is 0.782. The standard InChI is InChI=1S/C15H25NO2/c1-4-8-15(11-16,12(2)10-17)13-6-5-7-14(9-13)18-3/h5-7,9,12,17H,4,8,10-11,16H2,1-3H3/t12-,15-/m1/s1. The van der Waals surface area contributed by atoms with E-state index in [1.54, 1.807) is 7.11 Å². The van der Waals surface area contributed by atoms with E-state index in [-0.39, 0.29) is 17.9 Å². The van der Waals surface area contributed by atoms with Crippen molar-refractivity contribution in [2.45, 2.75) is 32.1 Å². The van der Waals surface area contributed by atoms with Crippen molar-refractivity contribution in [3.8, 4) is 5.75 Å². The van der Waals surface area contributed by atoms with Crippen molar-refractivity contribution >= 4 is 0 Å². The summed E-state index contributed by atoms with van der Waals surface area (Å²) in [5.41, 5.74) is 7.03. The minimum atomic E-state index is -0.169. The SMILES string of the molecule is CCC[C@](CN)(c1cccc(OC)c1)[C@H](C)CO. The highest BCUT2D eigenvalue weighted by Gasteiger charge is 2.35. The van der Waals surface area contributed by atoms with Gasteiger partial charge in [0.1, 0.15) is 5.75 Å². The Kier molecular flexibility index (Phi) is 5.63. The van der Waals surface area contributed by atoms with Gasteiger partial charge in [0.15, 0.2) is 0 Å². The summed E-state index contributed by atoms with van der Waals surface area (Å²) in [5.74, 6) is 0.973. The number of rotatable bonds is 7. The number of benzene rings is 1. The molecule has 0 heterocycles. The largest absolute Gasteiger partial charge is 0.497 e. The van der Waals surface area contributed by atoms with Crippen LogP contribution in [0.3, 0.4) is 0 Å². The van der Waals surface area contributed by atoms with Crippen LogP contribution in [0.25, 0.3) is 0 Å². The van der Waals surface area contributed by atoms with E-state index in [0.29, 0.717) is 6.54 Å². The minimum absolute atomic E-state index is 0.134. The Labute approximate surface area is 110 Å². The van der Waals surface area contributed by atoms with Crippen LogP contribution in [-0.2, 0) is 5.41 Å². The van der Waals surface area contributed by atoms with Crippen molar-refractivity contribution in [3.63, 3.8) is 0 Å². The van der Waals surface area contributed by atoms with Crippen LogP contribution in [0.4, 0.5) is 0 Å². The fraction of sp³-hybridized carbons (Fsp3) is 0.600. The molecule has 0 amide bonds. The molecule has 0 unspecified atom stereocenters. The summed E-state index contributed by atoms with van der Waals surface area (Å²) in [6.07, 6.45) is 2.01. The molecule has 3 N–H and O–H groups in total. The number of aliphatic hydroxyl groups is 1. The molecule has 0 aliphatic carbocycles. The van der Waals surface area contributed by atoms with E-state index in [2.05, 4.69) is 19.9 Å². The smallest absolute Gasteiger partial charge is 0.119 e. The number of nitrogens with two attached hydrogens (primary N) is 1. The van der Waals surface area contributed by atoms with Crippen LogP contribution in [0.1, 0.15) is 32.3 Å². The van der Waals surface area contributed by atoms with Crippen LogP contribution in [0.15, 0.2) is 24.3 Å². The van der Waals surface area contributed by atoms with E-state index >= 15 is 0 Å². The average Bonchev–Trinajstić information content (AvgIpc) is 2.44. The zero-order chi connectivity index (χ0) is 13.6. The molecule has 1 aromatic rings. The summed E-state index contributed by atoms with van der Waals surface area (Å²) in [4.78, 5) is 0. The van der Waals surface area contributed by atoms with Crippen molar-refractivity contribution < 1.29 is 9.84 Å². The Morgan fingerprint density at radius 1 is 1.44 bits per heavy atom. The molecule has 1 aromatic carbocycles. The Balaban J connectivity index is 3.22. The van der Waals surface area contributed by atoms with Crippen LogP contribution in [0, 0.1) is 5.92 Å². The predicted octanol–water partition coefficient (Wildman–Crippen LogP) is 2.32. The lowest BCUT2D eigenvalue weighted by Crippen LogP contribution is -2.42. The van der Waals surface area contributed by atoms with E-state index in [1.165, 1.54) is 0 Å². The highest BCUT2D eigenvalue weighted by atomic mass is 16.5. The monoisotopic (exact) mass is 251 g/mol. The lowest BCUT2D eigenvalue weighted by atomic mass is 9.68. The second-order valence-corrected chi connectivity index (χ2v) is 4.93. The molecule has 2 atom stereocenters. The average molecular weight is 251 g/mol. The normalized spacial score (nSPS) is 16.1. The second kappa shape index (κ2) is 6.76. The molecular weight excluding hydrogens is 226 g/mol. The molecule has 0 radical (unpaired) electrons. The Morgan fingerprint density at radius 3 is 2.67 bits per heavy atom. The van der Waals surface area contributed by atoms with Gasteiger partial charge in [-0.1, -0.05) is 32.4 Å². The van der Waals surface area contributed by atoms with Crippen molar-refractivity contribution in [2.24, 2.45) is 11.7 Å². The first kappa shape index (κ1) is 15.0. The molecule has 0 fully saturated rings. The zero-order valence-electron chi connectivity index (χ0n) is 11.6. The van der Waals surface area contributed by atoms with Gasteiger partial charge in [-0.3, -0.25) is 0 Å². The van der Waals surface area contributed by atoms with Gasteiger partial charge >= 0.3 is 0 Å². The van der Waals surface area contributed by atoms with Crippen molar-refractivity contribution in [1.29, 1.82) is 0 Å². The third-order valence-corrected chi connectivity index (χ3v) is 3.92. The molecule has 0 saturated carbocycles. The van der Waals surface area contributed by atoms with E-state index < -0.39 is 0 Å². The van der Waals surface area contributed by atoms with Crippen molar-refractivity contribution in [1.82, 2.24) is 0 Å². The topological polar surface area (TPSA) is 55.5 Å². The number of ether oxygens (including phenoxy) is 1. The lowest BCUT2D eigenvalue weighted by Gasteiger charge is -2.38. The van der Waals surface area contributed by atoms with E-state index in [1.807, 2.05) is 18.2 Å². The first-order valence-electron chi connectivity index (χ1n) is 6.60. The summed E-state index contributed by atoms with van der Waals surface area (Å²) in [6.45, 7) is 4.89. The highest BCUT2D eigenvalue weighted by Crippen LogP contribution is 2.37. The molecule has 3 nitrogen and oxygen atoms in total. The van der Waals surface area contributed by atoms with Gasteiger partial charge in [0.2, 0.25) is 0 Å². The minimum Gasteiger partial charge on any atom is -0.497 e. The van der Waals surface area contributed by atoms with Gasteiger partial charge in [-0.05, 0) is 30.0 Å². The summed E-state index contributed by atoms with van der Waals surface area (Å²) in [5, 5.41) is 9.53. The van der Waals surface area contributed by atoms with E-state index in [0.717, 1.165) is 24.2 Å². The first-order valence-corrected chi connectivity index (χ1v) is 6.60. The number of aliphatic hydroxyl groups excluding tert-OH is 1. The van der Waals surface area contributed by atoms with Gasteiger partial charge in [0.05, 0.1) is 7.11 Å². The maximum Gasteiger partial charge on any atom is 0.119 e. The zero-order valence-corrected chi connectivity index (χ0v) is 11.6. The van der Waals surface area contributed by atoms with Gasteiger partial charge in [0.25, 0.3) is 0 Å². The first-order chi connectivity index (χ1) is 8.64. The fourth-order valence-corrected chi connectivity index (χ4v) is 2.65. The molecular formula is C15H25NO2. The number of hydrogen-bond acceptors (Lipinski definition) is 3. The molecule has 0 saturated heterocycles. The molecule has 3 heteroatoms. The molecule has 0 aromatic heterocycles. The van der Waals surface area contributed by atoms with Crippen LogP contribution in [0.5, 0.6) is 5.75 Å². The van der Waals surface area contributed by atoms with E-state index in [4.69, 9.17) is 10.5 Å². The molecule has 0 aliphatic rings. The van der Waals surface area contributed by atoms with Gasteiger partial charge < -0.3 is 15.6 Å². The molecule has 0 bridgehead atoms.